The summed E-state index contributed by atoms with van der Waals surface area (Å²) in [5, 5.41) is 11.3. The van der Waals surface area contributed by atoms with Gasteiger partial charge in [-0.2, -0.15) is 0 Å². The van der Waals surface area contributed by atoms with Gasteiger partial charge in [0.25, 0.3) is 0 Å². The number of fused-ring (bicyclic) bond motifs is 3. The van der Waals surface area contributed by atoms with Gasteiger partial charge in [0.15, 0.2) is 0 Å². The van der Waals surface area contributed by atoms with Crippen LogP contribution in [0.4, 0.5) is 0 Å². The highest BCUT2D eigenvalue weighted by Gasteiger charge is 2.14. The van der Waals surface area contributed by atoms with E-state index in [-0.39, 0.29) is 12.0 Å². The number of carbonyl (C=O) groups is 2. The number of nitrogens with zero attached hydrogens (tertiary/aromatic N) is 3. The van der Waals surface area contributed by atoms with Gasteiger partial charge in [-0.15, -0.1) is 0 Å². The van der Waals surface area contributed by atoms with Crippen LogP contribution in [0.2, 0.25) is 0 Å². The van der Waals surface area contributed by atoms with Crippen molar-refractivity contribution in [3.63, 3.8) is 0 Å². The molecule has 0 saturated carbocycles. The SMILES string of the molecule is NC(=O)CCn1c2cc(Cn3ccnc3)ccc2c2ccc(C(=O)O)cc21. The largest absolute Gasteiger partial charge is 0.478 e. The molecule has 0 bridgehead atoms. The summed E-state index contributed by atoms with van der Waals surface area (Å²) in [6.45, 7) is 1.07. The van der Waals surface area contributed by atoms with Crippen LogP contribution in [0.15, 0.2) is 55.1 Å². The van der Waals surface area contributed by atoms with Gasteiger partial charge in [-0.25, -0.2) is 9.78 Å². The van der Waals surface area contributed by atoms with E-state index in [1.54, 1.807) is 24.7 Å². The van der Waals surface area contributed by atoms with Gasteiger partial charge in [-0.1, -0.05) is 18.2 Å². The summed E-state index contributed by atoms with van der Waals surface area (Å²) >= 11 is 0. The van der Waals surface area contributed by atoms with Crippen molar-refractivity contribution >= 4 is 33.7 Å². The molecule has 0 saturated heterocycles. The van der Waals surface area contributed by atoms with Crippen LogP contribution in [0, 0.1) is 0 Å². The molecule has 0 fully saturated rings. The van der Waals surface area contributed by atoms with E-state index in [4.69, 9.17) is 5.73 Å². The van der Waals surface area contributed by atoms with Gasteiger partial charge in [0.2, 0.25) is 5.91 Å². The summed E-state index contributed by atoms with van der Waals surface area (Å²) in [6, 6.07) is 11.2. The lowest BCUT2D eigenvalue weighted by atomic mass is 10.1. The Morgan fingerprint density at radius 2 is 1.81 bits per heavy atom. The first-order valence-corrected chi connectivity index (χ1v) is 8.55. The van der Waals surface area contributed by atoms with Crippen LogP contribution in [0.5, 0.6) is 0 Å². The van der Waals surface area contributed by atoms with Crippen LogP contribution in [0.25, 0.3) is 21.8 Å². The number of aryl methyl sites for hydroxylation is 1. The summed E-state index contributed by atoms with van der Waals surface area (Å²) < 4.78 is 3.94. The fourth-order valence-corrected chi connectivity index (χ4v) is 3.43. The number of hydrogen-bond acceptors (Lipinski definition) is 3. The molecule has 4 aromatic rings. The van der Waals surface area contributed by atoms with Gasteiger partial charge < -0.3 is 20.0 Å². The molecule has 0 spiro atoms. The minimum Gasteiger partial charge on any atom is -0.478 e. The Kier molecular flexibility index (Phi) is 4.12. The van der Waals surface area contributed by atoms with E-state index in [1.807, 2.05) is 33.5 Å². The molecule has 2 heterocycles. The van der Waals surface area contributed by atoms with E-state index in [0.717, 1.165) is 27.4 Å². The number of carboxylic acids is 1. The Bertz CT molecular complexity index is 1160. The molecule has 1 amide bonds. The highest BCUT2D eigenvalue weighted by molar-refractivity contribution is 6.09. The Labute approximate surface area is 154 Å². The van der Waals surface area contributed by atoms with Gasteiger partial charge in [-0.05, 0) is 23.8 Å². The van der Waals surface area contributed by atoms with Crippen molar-refractivity contribution in [2.45, 2.75) is 19.5 Å². The van der Waals surface area contributed by atoms with Crippen LogP contribution in [-0.4, -0.2) is 31.1 Å². The second kappa shape index (κ2) is 6.60. The maximum Gasteiger partial charge on any atom is 0.335 e. The lowest BCUT2D eigenvalue weighted by molar-refractivity contribution is -0.118. The lowest BCUT2D eigenvalue weighted by Gasteiger charge is -2.08. The van der Waals surface area contributed by atoms with Crippen LogP contribution in [0.3, 0.4) is 0 Å². The number of imidazole rings is 1. The molecule has 0 aliphatic rings. The number of aromatic nitrogens is 3. The van der Waals surface area contributed by atoms with E-state index < -0.39 is 11.9 Å². The van der Waals surface area contributed by atoms with Gasteiger partial charge >= 0.3 is 5.97 Å². The third-order valence-corrected chi connectivity index (χ3v) is 4.68. The molecule has 3 N–H and O–H groups in total. The summed E-state index contributed by atoms with van der Waals surface area (Å²) in [7, 11) is 0. The summed E-state index contributed by atoms with van der Waals surface area (Å²) in [5.74, 6) is -1.38. The number of rotatable bonds is 6. The first-order chi connectivity index (χ1) is 13.0. The Morgan fingerprint density at radius 1 is 1.07 bits per heavy atom. The molecule has 2 aromatic carbocycles. The highest BCUT2D eigenvalue weighted by Crippen LogP contribution is 2.31. The molecule has 0 unspecified atom stereocenters. The third kappa shape index (κ3) is 3.15. The molecule has 2 aromatic heterocycles. The van der Waals surface area contributed by atoms with E-state index >= 15 is 0 Å². The van der Waals surface area contributed by atoms with Crippen molar-refractivity contribution in [1.29, 1.82) is 0 Å². The molecule has 136 valence electrons. The Hall–Kier alpha value is -3.61. The maximum atomic E-state index is 11.4. The zero-order valence-electron chi connectivity index (χ0n) is 14.5. The average Bonchev–Trinajstić information content (AvgIpc) is 3.25. The van der Waals surface area contributed by atoms with E-state index in [1.165, 1.54) is 0 Å². The number of hydrogen-bond donors (Lipinski definition) is 2. The standard InChI is InChI=1S/C20H18N4O3/c21-19(25)5-7-24-17-9-13(11-23-8-6-22-12-23)1-3-15(17)16-4-2-14(20(26)27)10-18(16)24/h1-4,6,8-10,12H,5,7,11H2,(H2,21,25)(H,26,27). The molecule has 0 atom stereocenters. The second-order valence-corrected chi connectivity index (χ2v) is 6.49. The number of primary amides is 1. The number of amides is 1. The molecule has 27 heavy (non-hydrogen) atoms. The summed E-state index contributed by atoms with van der Waals surface area (Å²) in [5.41, 5.74) is 8.37. The number of carboxylic acid groups (broad SMARTS) is 1. The third-order valence-electron chi connectivity index (χ3n) is 4.68. The predicted molar refractivity (Wildman–Crippen MR) is 102 cm³/mol. The van der Waals surface area contributed by atoms with Crippen LogP contribution in [-0.2, 0) is 17.9 Å². The smallest absolute Gasteiger partial charge is 0.335 e. The van der Waals surface area contributed by atoms with Crippen molar-refractivity contribution < 1.29 is 14.7 Å². The van der Waals surface area contributed by atoms with Crippen molar-refractivity contribution in [2.75, 3.05) is 0 Å². The Morgan fingerprint density at radius 3 is 2.48 bits per heavy atom. The van der Waals surface area contributed by atoms with Gasteiger partial charge in [0, 0.05) is 53.7 Å². The molecule has 0 radical (unpaired) electrons. The quantitative estimate of drug-likeness (QED) is 0.550. The fraction of sp³-hybridized carbons (Fsp3) is 0.150. The van der Waals surface area contributed by atoms with E-state index in [9.17, 15) is 14.7 Å². The van der Waals surface area contributed by atoms with E-state index in [0.29, 0.717) is 13.1 Å². The average molecular weight is 362 g/mol. The molecular formula is C20H18N4O3. The normalized spacial score (nSPS) is 11.3. The van der Waals surface area contributed by atoms with Crippen molar-refractivity contribution in [3.8, 4) is 0 Å². The minimum absolute atomic E-state index is 0.182. The molecular weight excluding hydrogens is 344 g/mol. The first kappa shape index (κ1) is 16.8. The number of aromatic carboxylic acids is 1. The van der Waals surface area contributed by atoms with E-state index in [2.05, 4.69) is 11.1 Å². The van der Waals surface area contributed by atoms with Crippen LogP contribution < -0.4 is 5.73 Å². The molecule has 7 nitrogen and oxygen atoms in total. The van der Waals surface area contributed by atoms with Crippen LogP contribution in [0.1, 0.15) is 22.3 Å². The number of carbonyl (C=O) groups excluding carboxylic acids is 1. The Balaban J connectivity index is 1.89. The molecule has 7 heteroatoms. The van der Waals surface area contributed by atoms with Gasteiger partial charge in [0.05, 0.1) is 11.9 Å². The highest BCUT2D eigenvalue weighted by atomic mass is 16.4. The van der Waals surface area contributed by atoms with Gasteiger partial charge in [0.1, 0.15) is 0 Å². The zero-order chi connectivity index (χ0) is 19.0. The zero-order valence-corrected chi connectivity index (χ0v) is 14.5. The van der Waals surface area contributed by atoms with Crippen molar-refractivity contribution in [3.05, 3.63) is 66.2 Å². The second-order valence-electron chi connectivity index (χ2n) is 6.49. The van der Waals surface area contributed by atoms with Gasteiger partial charge in [-0.3, -0.25) is 4.79 Å². The number of benzene rings is 2. The monoisotopic (exact) mass is 362 g/mol. The fourth-order valence-electron chi connectivity index (χ4n) is 3.43. The first-order valence-electron chi connectivity index (χ1n) is 8.55. The van der Waals surface area contributed by atoms with Crippen molar-refractivity contribution in [1.82, 2.24) is 14.1 Å². The minimum atomic E-state index is -0.982. The topological polar surface area (TPSA) is 103 Å². The maximum absolute atomic E-state index is 11.4. The molecule has 0 aliphatic carbocycles. The predicted octanol–water partition coefficient (Wildman–Crippen LogP) is 2.61. The molecule has 4 rings (SSSR count). The molecule has 0 aliphatic heterocycles. The lowest BCUT2D eigenvalue weighted by Crippen LogP contribution is -2.14. The van der Waals surface area contributed by atoms with Crippen molar-refractivity contribution in [2.24, 2.45) is 5.73 Å². The van der Waals surface area contributed by atoms with Crippen LogP contribution >= 0.6 is 0 Å². The summed E-state index contributed by atoms with van der Waals surface area (Å²) in [6.07, 6.45) is 5.57. The summed E-state index contributed by atoms with van der Waals surface area (Å²) in [4.78, 5) is 26.8. The number of nitrogens with two attached hydrogens (primary N) is 1.